The van der Waals surface area contributed by atoms with Crippen LogP contribution in [-0.2, 0) is 6.18 Å². The monoisotopic (exact) mass is 328 g/mol. The van der Waals surface area contributed by atoms with Crippen molar-refractivity contribution < 1.29 is 17.6 Å². The summed E-state index contributed by atoms with van der Waals surface area (Å²) in [5.74, 6) is 1.53. The molecule has 4 aromatic rings. The Kier molecular flexibility index (Phi) is 3.19. The second kappa shape index (κ2) is 5.26. The summed E-state index contributed by atoms with van der Waals surface area (Å²) in [4.78, 5) is 7.18. The van der Waals surface area contributed by atoms with Crippen LogP contribution in [0.4, 0.5) is 13.2 Å². The Hall–Kier alpha value is -3.02. The first-order valence-corrected chi connectivity index (χ1v) is 7.23. The molecule has 0 unspecified atom stereocenters. The molecule has 0 spiro atoms. The molecule has 0 aliphatic heterocycles. The van der Waals surface area contributed by atoms with Crippen LogP contribution in [0.3, 0.4) is 0 Å². The Morgan fingerprint density at radius 3 is 2.38 bits per heavy atom. The minimum absolute atomic E-state index is 0.317. The number of nitrogens with one attached hydrogen (secondary N) is 1. The third-order valence-corrected chi connectivity index (χ3v) is 3.71. The van der Waals surface area contributed by atoms with Crippen molar-refractivity contribution in [3.05, 3.63) is 66.2 Å². The van der Waals surface area contributed by atoms with E-state index in [2.05, 4.69) is 9.97 Å². The van der Waals surface area contributed by atoms with E-state index in [4.69, 9.17) is 4.42 Å². The molecule has 6 heteroatoms. The normalized spacial score (nSPS) is 12.0. The van der Waals surface area contributed by atoms with Gasteiger partial charge in [0.2, 0.25) is 0 Å². The number of alkyl halides is 3. The molecule has 4 rings (SSSR count). The molecule has 2 aromatic carbocycles. The van der Waals surface area contributed by atoms with E-state index in [1.165, 1.54) is 6.07 Å². The van der Waals surface area contributed by atoms with Crippen molar-refractivity contribution in [2.24, 2.45) is 0 Å². The second-order valence-electron chi connectivity index (χ2n) is 5.35. The topological polar surface area (TPSA) is 41.8 Å². The largest absolute Gasteiger partial charge is 0.453 e. The predicted octanol–water partition coefficient (Wildman–Crippen LogP) is 5.51. The van der Waals surface area contributed by atoms with Crippen molar-refractivity contribution in [1.82, 2.24) is 9.97 Å². The second-order valence-corrected chi connectivity index (χ2v) is 5.35. The third kappa shape index (κ3) is 2.56. The first kappa shape index (κ1) is 14.6. The zero-order valence-electron chi connectivity index (χ0n) is 12.3. The molecule has 0 radical (unpaired) electrons. The van der Waals surface area contributed by atoms with Gasteiger partial charge in [-0.3, -0.25) is 0 Å². The van der Waals surface area contributed by atoms with Gasteiger partial charge in [-0.25, -0.2) is 4.98 Å². The lowest BCUT2D eigenvalue weighted by molar-refractivity contribution is -0.137. The van der Waals surface area contributed by atoms with Gasteiger partial charge in [0.05, 0.1) is 16.6 Å². The Labute approximate surface area is 134 Å². The molecule has 0 amide bonds. The van der Waals surface area contributed by atoms with E-state index in [0.29, 0.717) is 28.4 Å². The fraction of sp³-hybridized carbons (Fsp3) is 0.0556. The van der Waals surface area contributed by atoms with Crippen LogP contribution >= 0.6 is 0 Å². The highest BCUT2D eigenvalue weighted by atomic mass is 19.4. The summed E-state index contributed by atoms with van der Waals surface area (Å²) >= 11 is 0. The van der Waals surface area contributed by atoms with Crippen molar-refractivity contribution >= 4 is 11.0 Å². The SMILES string of the molecule is FC(F)(F)c1ccc2nc(-c3ccc(-c4ccccc4)o3)[nH]c2c1. The summed E-state index contributed by atoms with van der Waals surface area (Å²) < 4.78 is 44.1. The van der Waals surface area contributed by atoms with Crippen LogP contribution < -0.4 is 0 Å². The van der Waals surface area contributed by atoms with Crippen LogP contribution in [0.15, 0.2) is 65.1 Å². The van der Waals surface area contributed by atoms with E-state index >= 15 is 0 Å². The maximum atomic E-state index is 12.8. The molecule has 3 nitrogen and oxygen atoms in total. The maximum Gasteiger partial charge on any atom is 0.416 e. The molecular formula is C18H11F3N2O. The van der Waals surface area contributed by atoms with Crippen LogP contribution in [0.1, 0.15) is 5.56 Å². The van der Waals surface area contributed by atoms with Crippen molar-refractivity contribution in [3.8, 4) is 22.9 Å². The van der Waals surface area contributed by atoms with Crippen molar-refractivity contribution in [2.45, 2.75) is 6.18 Å². The van der Waals surface area contributed by atoms with E-state index < -0.39 is 11.7 Å². The van der Waals surface area contributed by atoms with Gasteiger partial charge in [0, 0.05) is 5.56 Å². The number of nitrogens with zero attached hydrogens (tertiary/aromatic N) is 1. The lowest BCUT2D eigenvalue weighted by Gasteiger charge is -2.05. The Morgan fingerprint density at radius 1 is 0.875 bits per heavy atom. The number of aromatic amines is 1. The summed E-state index contributed by atoms with van der Waals surface area (Å²) in [6.07, 6.45) is -4.38. The summed E-state index contributed by atoms with van der Waals surface area (Å²) in [6.45, 7) is 0. The number of rotatable bonds is 2. The van der Waals surface area contributed by atoms with Gasteiger partial charge in [-0.05, 0) is 30.3 Å². The standard InChI is InChI=1S/C18H11F3N2O/c19-18(20,21)12-6-7-13-14(10-12)23-17(22-13)16-9-8-15(24-16)11-4-2-1-3-5-11/h1-10H,(H,22,23). The number of aromatic nitrogens is 2. The Bertz CT molecular complexity index is 1000. The third-order valence-electron chi connectivity index (χ3n) is 3.71. The molecule has 1 N–H and O–H groups in total. The molecule has 0 atom stereocenters. The van der Waals surface area contributed by atoms with Gasteiger partial charge < -0.3 is 9.40 Å². The number of hydrogen-bond donors (Lipinski definition) is 1. The average molecular weight is 328 g/mol. The summed E-state index contributed by atoms with van der Waals surface area (Å²) in [5.41, 5.74) is 0.974. The number of fused-ring (bicyclic) bond motifs is 1. The van der Waals surface area contributed by atoms with Crippen LogP contribution in [0.2, 0.25) is 0 Å². The summed E-state index contributed by atoms with van der Waals surface area (Å²) in [5, 5.41) is 0. The minimum atomic E-state index is -4.38. The molecule has 24 heavy (non-hydrogen) atoms. The summed E-state index contributed by atoms with van der Waals surface area (Å²) in [6, 6.07) is 16.5. The number of hydrogen-bond acceptors (Lipinski definition) is 2. The van der Waals surface area contributed by atoms with E-state index in [1.807, 2.05) is 30.3 Å². The van der Waals surface area contributed by atoms with Gasteiger partial charge in [-0.2, -0.15) is 13.2 Å². The highest BCUT2D eigenvalue weighted by Gasteiger charge is 2.30. The van der Waals surface area contributed by atoms with Gasteiger partial charge in [0.25, 0.3) is 0 Å². The highest BCUT2D eigenvalue weighted by Crippen LogP contribution is 2.32. The molecular weight excluding hydrogens is 317 g/mol. The minimum Gasteiger partial charge on any atom is -0.453 e. The molecule has 2 aromatic heterocycles. The fourth-order valence-corrected chi connectivity index (χ4v) is 2.53. The number of H-pyrrole nitrogens is 1. The number of imidazole rings is 1. The molecule has 2 heterocycles. The van der Waals surface area contributed by atoms with E-state index in [9.17, 15) is 13.2 Å². The number of furan rings is 1. The van der Waals surface area contributed by atoms with Gasteiger partial charge in [0.1, 0.15) is 5.76 Å². The van der Waals surface area contributed by atoms with E-state index in [1.54, 1.807) is 12.1 Å². The Morgan fingerprint density at radius 2 is 1.62 bits per heavy atom. The van der Waals surface area contributed by atoms with Crippen LogP contribution in [-0.4, -0.2) is 9.97 Å². The zero-order valence-corrected chi connectivity index (χ0v) is 12.3. The van der Waals surface area contributed by atoms with Crippen LogP contribution in [0.25, 0.3) is 33.9 Å². The lowest BCUT2D eigenvalue weighted by atomic mass is 10.2. The predicted molar refractivity (Wildman–Crippen MR) is 84.2 cm³/mol. The van der Waals surface area contributed by atoms with E-state index in [-0.39, 0.29) is 0 Å². The van der Waals surface area contributed by atoms with Crippen LogP contribution in [0.5, 0.6) is 0 Å². The van der Waals surface area contributed by atoms with Gasteiger partial charge in [0.15, 0.2) is 11.6 Å². The maximum absolute atomic E-state index is 12.8. The quantitative estimate of drug-likeness (QED) is 0.527. The Balaban J connectivity index is 1.73. The smallest absolute Gasteiger partial charge is 0.416 e. The highest BCUT2D eigenvalue weighted by molar-refractivity contribution is 5.79. The van der Waals surface area contributed by atoms with Gasteiger partial charge in [-0.15, -0.1) is 0 Å². The van der Waals surface area contributed by atoms with Crippen molar-refractivity contribution in [3.63, 3.8) is 0 Å². The fourth-order valence-electron chi connectivity index (χ4n) is 2.53. The van der Waals surface area contributed by atoms with Gasteiger partial charge >= 0.3 is 6.18 Å². The first-order valence-electron chi connectivity index (χ1n) is 7.23. The van der Waals surface area contributed by atoms with Crippen LogP contribution in [0, 0.1) is 0 Å². The molecule has 0 saturated heterocycles. The van der Waals surface area contributed by atoms with Gasteiger partial charge in [-0.1, -0.05) is 30.3 Å². The summed E-state index contributed by atoms with van der Waals surface area (Å²) in [7, 11) is 0. The van der Waals surface area contributed by atoms with E-state index in [0.717, 1.165) is 17.7 Å². The molecule has 0 aliphatic rings. The van der Waals surface area contributed by atoms with Crippen molar-refractivity contribution in [2.75, 3.05) is 0 Å². The molecule has 0 bridgehead atoms. The number of halogens is 3. The lowest BCUT2D eigenvalue weighted by Crippen LogP contribution is -2.04. The first-order chi connectivity index (χ1) is 11.5. The molecule has 120 valence electrons. The molecule has 0 aliphatic carbocycles. The zero-order chi connectivity index (χ0) is 16.7. The number of benzene rings is 2. The van der Waals surface area contributed by atoms with Crippen molar-refractivity contribution in [1.29, 1.82) is 0 Å². The average Bonchev–Trinajstić information content (AvgIpc) is 3.21. The molecule has 0 saturated carbocycles. The molecule has 0 fully saturated rings.